The molecule has 1 aromatic heterocycles. The quantitative estimate of drug-likeness (QED) is 0.753. The predicted molar refractivity (Wildman–Crippen MR) is 61.9 cm³/mol. The Kier molecular flexibility index (Phi) is 4.48. The van der Waals surface area contributed by atoms with Gasteiger partial charge in [-0.2, -0.15) is 13.5 Å². The maximum Gasteiger partial charge on any atom is 0.420 e. The zero-order valence-electron chi connectivity index (χ0n) is 10.5. The molecule has 0 aliphatic carbocycles. The van der Waals surface area contributed by atoms with Crippen molar-refractivity contribution in [2.75, 3.05) is 13.7 Å². The molecule has 10 heteroatoms. The van der Waals surface area contributed by atoms with Gasteiger partial charge in [-0.15, -0.1) is 0 Å². The molecule has 0 aliphatic rings. The molecule has 0 aromatic carbocycles. The van der Waals surface area contributed by atoms with E-state index in [1.54, 1.807) is 11.6 Å². The van der Waals surface area contributed by atoms with Crippen molar-refractivity contribution < 1.29 is 27.5 Å². The molecule has 1 rings (SSSR count). The third-order valence-electron chi connectivity index (χ3n) is 2.04. The van der Waals surface area contributed by atoms with Crippen molar-refractivity contribution in [2.45, 2.75) is 11.9 Å². The standard InChI is InChI=1S/C9H13N3O6S/c1-4-18-8(13)6-5-10-12(2)7(6)19(15,16)11-9(14)17-3/h5H,4H2,1-3H3,(H,11,14). The Hall–Kier alpha value is -2.10. The van der Waals surface area contributed by atoms with E-state index in [2.05, 4.69) is 9.84 Å². The molecule has 1 aromatic rings. The molecule has 1 N–H and O–H groups in total. The molecule has 19 heavy (non-hydrogen) atoms. The second-order valence-corrected chi connectivity index (χ2v) is 4.90. The van der Waals surface area contributed by atoms with Crippen LogP contribution in [-0.2, 0) is 26.5 Å². The second kappa shape index (κ2) is 5.69. The molecular formula is C9H13N3O6S. The average Bonchev–Trinajstić information content (AvgIpc) is 2.71. The van der Waals surface area contributed by atoms with E-state index >= 15 is 0 Å². The van der Waals surface area contributed by atoms with Gasteiger partial charge in [0, 0.05) is 7.05 Å². The minimum Gasteiger partial charge on any atom is -0.462 e. The summed E-state index contributed by atoms with van der Waals surface area (Å²) < 4.78 is 35.3. The van der Waals surface area contributed by atoms with Gasteiger partial charge in [-0.3, -0.25) is 4.68 Å². The molecule has 9 nitrogen and oxygen atoms in total. The van der Waals surface area contributed by atoms with E-state index in [1.807, 2.05) is 0 Å². The first kappa shape index (κ1) is 15.0. The van der Waals surface area contributed by atoms with Crippen molar-refractivity contribution in [3.05, 3.63) is 11.8 Å². The smallest absolute Gasteiger partial charge is 0.420 e. The number of carbonyl (C=O) groups is 2. The summed E-state index contributed by atoms with van der Waals surface area (Å²) in [7, 11) is -1.95. The van der Waals surface area contributed by atoms with Crippen LogP contribution in [0, 0.1) is 0 Å². The summed E-state index contributed by atoms with van der Waals surface area (Å²) in [4.78, 5) is 22.6. The van der Waals surface area contributed by atoms with E-state index in [0.29, 0.717) is 0 Å². The Labute approximate surface area is 109 Å². The largest absolute Gasteiger partial charge is 0.462 e. The number of esters is 1. The second-order valence-electron chi connectivity index (χ2n) is 3.30. The van der Waals surface area contributed by atoms with Gasteiger partial charge in [0.15, 0.2) is 5.03 Å². The van der Waals surface area contributed by atoms with Gasteiger partial charge in [-0.25, -0.2) is 14.3 Å². The number of methoxy groups -OCH3 is 1. The molecular weight excluding hydrogens is 278 g/mol. The van der Waals surface area contributed by atoms with Crippen molar-refractivity contribution in [3.63, 3.8) is 0 Å². The zero-order valence-corrected chi connectivity index (χ0v) is 11.4. The fourth-order valence-electron chi connectivity index (χ4n) is 1.29. The van der Waals surface area contributed by atoms with Crippen molar-refractivity contribution >= 4 is 22.1 Å². The average molecular weight is 291 g/mol. The number of hydrogen-bond acceptors (Lipinski definition) is 7. The highest BCUT2D eigenvalue weighted by atomic mass is 32.2. The van der Waals surface area contributed by atoms with Crippen LogP contribution in [0.25, 0.3) is 0 Å². The fourth-order valence-corrected chi connectivity index (χ4v) is 2.51. The summed E-state index contributed by atoms with van der Waals surface area (Å²) in [6, 6.07) is 0. The number of nitrogens with one attached hydrogen (secondary N) is 1. The van der Waals surface area contributed by atoms with Gasteiger partial charge in [0.2, 0.25) is 0 Å². The Morgan fingerprint density at radius 2 is 2.11 bits per heavy atom. The summed E-state index contributed by atoms with van der Waals surface area (Å²) in [6.07, 6.45) is -0.125. The molecule has 0 spiro atoms. The first-order valence-corrected chi connectivity index (χ1v) is 6.61. The normalized spacial score (nSPS) is 10.9. The molecule has 1 heterocycles. The molecule has 0 saturated heterocycles. The van der Waals surface area contributed by atoms with Gasteiger partial charge < -0.3 is 9.47 Å². The lowest BCUT2D eigenvalue weighted by Gasteiger charge is -2.08. The number of amides is 1. The van der Waals surface area contributed by atoms with Gasteiger partial charge in [0.05, 0.1) is 19.9 Å². The van der Waals surface area contributed by atoms with Crippen molar-refractivity contribution in [1.82, 2.24) is 14.5 Å². The SMILES string of the molecule is CCOC(=O)c1cnn(C)c1S(=O)(=O)NC(=O)OC. The van der Waals surface area contributed by atoms with Crippen LogP contribution in [0.2, 0.25) is 0 Å². The topological polar surface area (TPSA) is 117 Å². The Morgan fingerprint density at radius 3 is 2.63 bits per heavy atom. The number of hydrogen-bond donors (Lipinski definition) is 1. The van der Waals surface area contributed by atoms with Crippen LogP contribution in [0.1, 0.15) is 17.3 Å². The Balaban J connectivity index is 3.23. The third-order valence-corrected chi connectivity index (χ3v) is 3.47. The zero-order chi connectivity index (χ0) is 14.6. The van der Waals surface area contributed by atoms with Crippen LogP contribution in [0.3, 0.4) is 0 Å². The van der Waals surface area contributed by atoms with Crippen LogP contribution in [0.4, 0.5) is 4.79 Å². The van der Waals surface area contributed by atoms with E-state index in [9.17, 15) is 18.0 Å². The highest BCUT2D eigenvalue weighted by Gasteiger charge is 2.29. The fraction of sp³-hybridized carbons (Fsp3) is 0.444. The van der Waals surface area contributed by atoms with Gasteiger partial charge in [-0.05, 0) is 6.92 Å². The van der Waals surface area contributed by atoms with Gasteiger partial charge >= 0.3 is 12.1 Å². The van der Waals surface area contributed by atoms with Crippen LogP contribution >= 0.6 is 0 Å². The first-order valence-electron chi connectivity index (χ1n) is 5.13. The number of rotatable bonds is 4. The Bertz CT molecular complexity index is 591. The van der Waals surface area contributed by atoms with Gasteiger partial charge in [0.1, 0.15) is 5.56 Å². The van der Waals surface area contributed by atoms with Gasteiger partial charge in [-0.1, -0.05) is 0 Å². The number of aromatic nitrogens is 2. The highest BCUT2D eigenvalue weighted by molar-refractivity contribution is 7.90. The number of nitrogens with zero attached hydrogens (tertiary/aromatic N) is 2. The van der Waals surface area contributed by atoms with Crippen LogP contribution in [0.5, 0.6) is 0 Å². The summed E-state index contributed by atoms with van der Waals surface area (Å²) in [5.74, 6) is -0.846. The van der Waals surface area contributed by atoms with E-state index in [-0.39, 0.29) is 12.2 Å². The third kappa shape index (κ3) is 3.22. The predicted octanol–water partition coefficient (Wildman–Crippen LogP) is -0.358. The van der Waals surface area contributed by atoms with Crippen molar-refractivity contribution in [1.29, 1.82) is 0 Å². The lowest BCUT2D eigenvalue weighted by atomic mass is 10.4. The lowest BCUT2D eigenvalue weighted by Crippen LogP contribution is -2.32. The molecule has 0 radical (unpaired) electrons. The molecule has 0 saturated carbocycles. The van der Waals surface area contributed by atoms with Crippen LogP contribution < -0.4 is 4.72 Å². The minimum atomic E-state index is -4.28. The molecule has 0 bridgehead atoms. The molecule has 0 aliphatic heterocycles. The maximum absolute atomic E-state index is 11.9. The number of sulfonamides is 1. The molecule has 1 amide bonds. The lowest BCUT2D eigenvalue weighted by molar-refractivity contribution is 0.0521. The van der Waals surface area contributed by atoms with Crippen LogP contribution in [0.15, 0.2) is 11.2 Å². The monoisotopic (exact) mass is 291 g/mol. The summed E-state index contributed by atoms with van der Waals surface area (Å²) in [5, 5.41) is 3.19. The van der Waals surface area contributed by atoms with E-state index in [0.717, 1.165) is 18.0 Å². The summed E-state index contributed by atoms with van der Waals surface area (Å²) in [5.41, 5.74) is -0.263. The summed E-state index contributed by atoms with van der Waals surface area (Å²) in [6.45, 7) is 1.66. The summed E-state index contributed by atoms with van der Waals surface area (Å²) >= 11 is 0. The van der Waals surface area contributed by atoms with Crippen molar-refractivity contribution in [2.24, 2.45) is 7.05 Å². The number of carbonyl (C=O) groups excluding carboxylic acids is 2. The molecule has 0 unspecified atom stereocenters. The van der Waals surface area contributed by atoms with E-state index < -0.39 is 27.1 Å². The molecule has 0 atom stereocenters. The minimum absolute atomic E-state index is 0.0810. The van der Waals surface area contributed by atoms with E-state index in [1.165, 1.54) is 7.05 Å². The van der Waals surface area contributed by atoms with E-state index in [4.69, 9.17) is 4.74 Å². The maximum atomic E-state index is 11.9. The molecule has 106 valence electrons. The number of ether oxygens (including phenoxy) is 2. The first-order chi connectivity index (χ1) is 8.83. The number of aryl methyl sites for hydroxylation is 1. The molecule has 0 fully saturated rings. The Morgan fingerprint density at radius 1 is 1.47 bits per heavy atom. The van der Waals surface area contributed by atoms with Gasteiger partial charge in [0.25, 0.3) is 10.0 Å². The van der Waals surface area contributed by atoms with Crippen molar-refractivity contribution in [3.8, 4) is 0 Å². The highest BCUT2D eigenvalue weighted by Crippen LogP contribution is 2.15. The van der Waals surface area contributed by atoms with Crippen LogP contribution in [-0.4, -0.2) is 44.0 Å².